The molecule has 0 saturated carbocycles. The molecule has 0 aromatic heterocycles. The van der Waals surface area contributed by atoms with Gasteiger partial charge in [-0.15, -0.1) is 0 Å². The molecule has 1 saturated heterocycles. The number of carbonyl (C=O) groups is 1. The van der Waals surface area contributed by atoms with Crippen molar-refractivity contribution in [2.24, 2.45) is 5.73 Å². The summed E-state index contributed by atoms with van der Waals surface area (Å²) in [5, 5.41) is 0. The minimum absolute atomic E-state index is 0.142. The van der Waals surface area contributed by atoms with Crippen LogP contribution in [0.3, 0.4) is 0 Å². The quantitative estimate of drug-likeness (QED) is 0.803. The van der Waals surface area contributed by atoms with E-state index < -0.39 is 0 Å². The van der Waals surface area contributed by atoms with Crippen LogP contribution in [0.25, 0.3) is 0 Å². The van der Waals surface area contributed by atoms with E-state index in [1.54, 1.807) is 0 Å². The Balaban J connectivity index is 2.14. The van der Waals surface area contributed by atoms with Gasteiger partial charge in [0.2, 0.25) is 0 Å². The lowest BCUT2D eigenvalue weighted by atomic mass is 10.0. The topological polar surface area (TPSA) is 46.3 Å². The minimum Gasteiger partial charge on any atom is -0.339 e. The summed E-state index contributed by atoms with van der Waals surface area (Å²) >= 11 is 0. The number of piperidine rings is 1. The average Bonchev–Trinajstić information content (AvgIpc) is 2.28. The summed E-state index contributed by atoms with van der Waals surface area (Å²) < 4.78 is 0. The molecule has 1 amide bonds. The van der Waals surface area contributed by atoms with Crippen molar-refractivity contribution in [3.63, 3.8) is 0 Å². The first-order chi connectivity index (χ1) is 8.06. The third-order valence-electron chi connectivity index (χ3n) is 3.30. The lowest BCUT2D eigenvalue weighted by Crippen LogP contribution is -2.42. The molecule has 1 aromatic rings. The lowest BCUT2D eigenvalue weighted by molar-refractivity contribution is 0.0714. The Hall–Kier alpha value is -1.35. The van der Waals surface area contributed by atoms with Crippen molar-refractivity contribution >= 4 is 5.91 Å². The number of benzene rings is 1. The molecule has 3 heteroatoms. The molecule has 0 spiro atoms. The molecule has 1 aliphatic heterocycles. The van der Waals surface area contributed by atoms with Crippen LogP contribution >= 0.6 is 0 Å². The Morgan fingerprint density at radius 1 is 1.18 bits per heavy atom. The SMILES string of the molecule is Cc1cc(C)cc(C(=O)N2CCC(N)CC2)c1. The molecule has 1 aliphatic rings. The largest absolute Gasteiger partial charge is 0.339 e. The number of likely N-dealkylation sites (tertiary alicyclic amines) is 1. The van der Waals surface area contributed by atoms with Crippen LogP contribution in [0.5, 0.6) is 0 Å². The van der Waals surface area contributed by atoms with Gasteiger partial charge < -0.3 is 10.6 Å². The van der Waals surface area contributed by atoms with Gasteiger partial charge in [-0.25, -0.2) is 0 Å². The van der Waals surface area contributed by atoms with Gasteiger partial charge in [0, 0.05) is 24.7 Å². The molecule has 2 rings (SSSR count). The first kappa shape index (κ1) is 12.1. The van der Waals surface area contributed by atoms with E-state index in [0.29, 0.717) is 0 Å². The van der Waals surface area contributed by atoms with Crippen molar-refractivity contribution in [3.8, 4) is 0 Å². The summed E-state index contributed by atoms with van der Waals surface area (Å²) in [4.78, 5) is 14.2. The van der Waals surface area contributed by atoms with Crippen molar-refractivity contribution in [2.75, 3.05) is 13.1 Å². The highest BCUT2D eigenvalue weighted by Gasteiger charge is 2.21. The van der Waals surface area contributed by atoms with Crippen molar-refractivity contribution in [1.82, 2.24) is 4.90 Å². The summed E-state index contributed by atoms with van der Waals surface area (Å²) in [6, 6.07) is 6.27. The van der Waals surface area contributed by atoms with Crippen molar-refractivity contribution in [1.29, 1.82) is 0 Å². The number of hydrogen-bond acceptors (Lipinski definition) is 2. The second kappa shape index (κ2) is 4.88. The molecular weight excluding hydrogens is 212 g/mol. The monoisotopic (exact) mass is 232 g/mol. The smallest absolute Gasteiger partial charge is 0.253 e. The van der Waals surface area contributed by atoms with Gasteiger partial charge in [0.1, 0.15) is 0 Å². The van der Waals surface area contributed by atoms with Crippen LogP contribution in [-0.4, -0.2) is 29.9 Å². The van der Waals surface area contributed by atoms with Gasteiger partial charge in [0.15, 0.2) is 0 Å². The van der Waals surface area contributed by atoms with Crippen LogP contribution in [-0.2, 0) is 0 Å². The van der Waals surface area contributed by atoms with Crippen LogP contribution in [0.1, 0.15) is 34.3 Å². The van der Waals surface area contributed by atoms with Crippen LogP contribution in [0.15, 0.2) is 18.2 Å². The molecule has 92 valence electrons. The van der Waals surface area contributed by atoms with Crippen LogP contribution in [0, 0.1) is 13.8 Å². The van der Waals surface area contributed by atoms with E-state index in [4.69, 9.17) is 5.73 Å². The second-order valence-electron chi connectivity index (χ2n) is 5.01. The van der Waals surface area contributed by atoms with Crippen LogP contribution in [0.4, 0.5) is 0 Å². The number of carbonyl (C=O) groups excluding carboxylic acids is 1. The molecule has 3 nitrogen and oxygen atoms in total. The van der Waals surface area contributed by atoms with Gasteiger partial charge in [-0.3, -0.25) is 4.79 Å². The van der Waals surface area contributed by atoms with E-state index in [9.17, 15) is 4.79 Å². The van der Waals surface area contributed by atoms with Gasteiger partial charge in [0.25, 0.3) is 5.91 Å². The van der Waals surface area contributed by atoms with Gasteiger partial charge in [0.05, 0.1) is 0 Å². The number of aryl methyl sites for hydroxylation is 2. The molecule has 2 N–H and O–H groups in total. The second-order valence-corrected chi connectivity index (χ2v) is 5.01. The van der Waals surface area contributed by atoms with Gasteiger partial charge in [-0.2, -0.15) is 0 Å². The predicted octanol–water partition coefficient (Wildman–Crippen LogP) is 1.87. The molecule has 0 radical (unpaired) electrons. The molecule has 0 aliphatic carbocycles. The number of nitrogens with two attached hydrogens (primary N) is 1. The fourth-order valence-electron chi connectivity index (χ4n) is 2.38. The summed E-state index contributed by atoms with van der Waals surface area (Å²) in [5.74, 6) is 0.142. The van der Waals surface area contributed by atoms with Crippen LogP contribution in [0.2, 0.25) is 0 Å². The van der Waals surface area contributed by atoms with Gasteiger partial charge >= 0.3 is 0 Å². The van der Waals surface area contributed by atoms with E-state index in [1.807, 2.05) is 30.9 Å². The minimum atomic E-state index is 0.142. The Labute approximate surface area is 103 Å². The molecule has 17 heavy (non-hydrogen) atoms. The van der Waals surface area contributed by atoms with E-state index in [-0.39, 0.29) is 11.9 Å². The van der Waals surface area contributed by atoms with Crippen molar-refractivity contribution in [2.45, 2.75) is 32.7 Å². The maximum absolute atomic E-state index is 12.3. The molecule has 0 unspecified atom stereocenters. The summed E-state index contributed by atoms with van der Waals surface area (Å²) in [5.41, 5.74) is 8.93. The maximum Gasteiger partial charge on any atom is 0.253 e. The highest BCUT2D eigenvalue weighted by atomic mass is 16.2. The molecule has 1 aromatic carbocycles. The normalized spacial score (nSPS) is 17.2. The summed E-state index contributed by atoms with van der Waals surface area (Å²) in [7, 11) is 0. The van der Waals surface area contributed by atoms with Gasteiger partial charge in [-0.05, 0) is 38.8 Å². The zero-order valence-electron chi connectivity index (χ0n) is 10.6. The first-order valence-electron chi connectivity index (χ1n) is 6.19. The molecule has 0 atom stereocenters. The van der Waals surface area contributed by atoms with E-state index in [1.165, 1.54) is 0 Å². The lowest BCUT2D eigenvalue weighted by Gasteiger charge is -2.30. The van der Waals surface area contributed by atoms with Crippen LogP contribution < -0.4 is 5.73 Å². The van der Waals surface area contributed by atoms with Crippen molar-refractivity contribution < 1.29 is 4.79 Å². The zero-order valence-corrected chi connectivity index (χ0v) is 10.6. The number of hydrogen-bond donors (Lipinski definition) is 1. The number of rotatable bonds is 1. The molecule has 0 bridgehead atoms. The Bertz CT molecular complexity index is 400. The number of nitrogens with zero attached hydrogens (tertiary/aromatic N) is 1. The first-order valence-corrected chi connectivity index (χ1v) is 6.19. The fraction of sp³-hybridized carbons (Fsp3) is 0.500. The van der Waals surface area contributed by atoms with Gasteiger partial charge in [-0.1, -0.05) is 17.2 Å². The zero-order chi connectivity index (χ0) is 12.4. The van der Waals surface area contributed by atoms with Crippen molar-refractivity contribution in [3.05, 3.63) is 34.9 Å². The Morgan fingerprint density at radius 3 is 2.24 bits per heavy atom. The third-order valence-corrected chi connectivity index (χ3v) is 3.30. The molecular formula is C14H20N2O. The Morgan fingerprint density at radius 2 is 1.71 bits per heavy atom. The predicted molar refractivity (Wildman–Crippen MR) is 69.0 cm³/mol. The standard InChI is InChI=1S/C14H20N2O/c1-10-7-11(2)9-12(8-10)14(17)16-5-3-13(15)4-6-16/h7-9,13H,3-6,15H2,1-2H3. The Kier molecular flexibility index (Phi) is 3.48. The highest BCUT2D eigenvalue weighted by molar-refractivity contribution is 5.94. The highest BCUT2D eigenvalue weighted by Crippen LogP contribution is 2.15. The third kappa shape index (κ3) is 2.86. The van der Waals surface area contributed by atoms with E-state index >= 15 is 0 Å². The summed E-state index contributed by atoms with van der Waals surface area (Å²) in [6.45, 7) is 5.62. The molecule has 1 fully saturated rings. The average molecular weight is 232 g/mol. The molecule has 1 heterocycles. The summed E-state index contributed by atoms with van der Waals surface area (Å²) in [6.07, 6.45) is 1.83. The van der Waals surface area contributed by atoms with E-state index in [0.717, 1.165) is 42.6 Å². The fourth-order valence-corrected chi connectivity index (χ4v) is 2.38. The number of amides is 1. The maximum atomic E-state index is 12.3. The van der Waals surface area contributed by atoms with E-state index in [2.05, 4.69) is 6.07 Å².